The molecule has 2 aromatic rings. The zero-order valence-corrected chi connectivity index (χ0v) is 8.43. The molecule has 1 N–H and O–H groups in total. The van der Waals surface area contributed by atoms with Crippen molar-refractivity contribution in [2.75, 3.05) is 0 Å². The third kappa shape index (κ3) is 2.01. The fourth-order valence-corrected chi connectivity index (χ4v) is 1.58. The first-order valence-corrected chi connectivity index (χ1v) is 4.86. The van der Waals surface area contributed by atoms with Crippen LogP contribution in [0.1, 0.15) is 12.5 Å². The molecule has 1 atom stereocenters. The molecule has 1 aromatic heterocycles. The molecule has 0 aliphatic carbocycles. The van der Waals surface area contributed by atoms with Crippen LogP contribution in [0.3, 0.4) is 0 Å². The first kappa shape index (κ1) is 9.77. The van der Waals surface area contributed by atoms with Crippen molar-refractivity contribution in [1.29, 1.82) is 0 Å². The number of aliphatic carboxylic acids is 1. The summed E-state index contributed by atoms with van der Waals surface area (Å²) in [6.07, 6.45) is 2.19. The fourth-order valence-electron chi connectivity index (χ4n) is 1.58. The van der Waals surface area contributed by atoms with Gasteiger partial charge in [0.15, 0.2) is 0 Å². The van der Waals surface area contributed by atoms with Crippen molar-refractivity contribution < 1.29 is 14.3 Å². The van der Waals surface area contributed by atoms with E-state index in [1.165, 1.54) is 0 Å². The van der Waals surface area contributed by atoms with Crippen molar-refractivity contribution in [1.82, 2.24) is 0 Å². The number of fused-ring (bicyclic) bond motifs is 1. The van der Waals surface area contributed by atoms with Crippen LogP contribution in [0.25, 0.3) is 11.0 Å². The van der Waals surface area contributed by atoms with Gasteiger partial charge in [-0.25, -0.2) is 0 Å². The normalized spacial score (nSPS) is 12.9. The van der Waals surface area contributed by atoms with E-state index < -0.39 is 5.97 Å². The van der Waals surface area contributed by atoms with Crippen LogP contribution in [0.2, 0.25) is 0 Å². The molecule has 3 nitrogen and oxygen atoms in total. The standard InChI is InChI=1S/C12H12O3/c1-8(12(13)14)6-9-2-3-11-10(7-9)4-5-15-11/h2-5,7-8H,6H2,1H3,(H,13,14). The number of carbonyl (C=O) groups is 1. The minimum absolute atomic E-state index is 0.352. The van der Waals surface area contributed by atoms with Gasteiger partial charge in [0.1, 0.15) is 5.58 Å². The second-order valence-electron chi connectivity index (χ2n) is 3.74. The first-order chi connectivity index (χ1) is 7.16. The molecular formula is C12H12O3. The van der Waals surface area contributed by atoms with Crippen LogP contribution in [0, 0.1) is 5.92 Å². The number of hydrogen-bond acceptors (Lipinski definition) is 2. The molecule has 0 aliphatic heterocycles. The van der Waals surface area contributed by atoms with Crippen molar-refractivity contribution in [3.8, 4) is 0 Å². The Hall–Kier alpha value is -1.77. The van der Waals surface area contributed by atoms with Crippen LogP contribution in [-0.2, 0) is 11.2 Å². The quantitative estimate of drug-likeness (QED) is 0.836. The van der Waals surface area contributed by atoms with E-state index in [-0.39, 0.29) is 5.92 Å². The summed E-state index contributed by atoms with van der Waals surface area (Å²) in [6, 6.07) is 7.63. The summed E-state index contributed by atoms with van der Waals surface area (Å²) in [5.41, 5.74) is 1.86. The molecule has 0 fully saturated rings. The lowest BCUT2D eigenvalue weighted by molar-refractivity contribution is -0.141. The van der Waals surface area contributed by atoms with Crippen LogP contribution in [0.15, 0.2) is 34.9 Å². The third-order valence-electron chi connectivity index (χ3n) is 2.48. The Morgan fingerprint density at radius 1 is 1.47 bits per heavy atom. The van der Waals surface area contributed by atoms with Gasteiger partial charge in [0, 0.05) is 5.39 Å². The monoisotopic (exact) mass is 204 g/mol. The molecule has 0 radical (unpaired) electrons. The van der Waals surface area contributed by atoms with Gasteiger partial charge in [-0.3, -0.25) is 4.79 Å². The smallest absolute Gasteiger partial charge is 0.306 e. The number of furan rings is 1. The highest BCUT2D eigenvalue weighted by atomic mass is 16.4. The highest BCUT2D eigenvalue weighted by Gasteiger charge is 2.11. The van der Waals surface area contributed by atoms with Gasteiger partial charge >= 0.3 is 5.97 Å². The van der Waals surface area contributed by atoms with Gasteiger partial charge in [-0.1, -0.05) is 13.0 Å². The number of rotatable bonds is 3. The topological polar surface area (TPSA) is 50.4 Å². The molecule has 3 heteroatoms. The van der Waals surface area contributed by atoms with E-state index in [2.05, 4.69) is 0 Å². The summed E-state index contributed by atoms with van der Waals surface area (Å²) in [5, 5.41) is 9.82. The zero-order chi connectivity index (χ0) is 10.8. The molecule has 1 aromatic carbocycles. The summed E-state index contributed by atoms with van der Waals surface area (Å²) in [7, 11) is 0. The molecule has 0 saturated heterocycles. The molecule has 0 saturated carbocycles. The van der Waals surface area contributed by atoms with E-state index in [0.717, 1.165) is 16.5 Å². The summed E-state index contributed by atoms with van der Waals surface area (Å²) < 4.78 is 5.21. The largest absolute Gasteiger partial charge is 0.481 e. The lowest BCUT2D eigenvalue weighted by Crippen LogP contribution is -2.12. The number of carboxylic acid groups (broad SMARTS) is 1. The van der Waals surface area contributed by atoms with Gasteiger partial charge in [0.2, 0.25) is 0 Å². The van der Waals surface area contributed by atoms with E-state index in [1.807, 2.05) is 24.3 Å². The van der Waals surface area contributed by atoms with Crippen LogP contribution in [-0.4, -0.2) is 11.1 Å². The van der Waals surface area contributed by atoms with Crippen LogP contribution < -0.4 is 0 Å². The zero-order valence-electron chi connectivity index (χ0n) is 8.43. The SMILES string of the molecule is CC(Cc1ccc2occc2c1)C(=O)O. The van der Waals surface area contributed by atoms with E-state index in [0.29, 0.717) is 6.42 Å². The Morgan fingerprint density at radius 2 is 2.27 bits per heavy atom. The molecule has 0 amide bonds. The Labute approximate surface area is 87.3 Å². The average Bonchev–Trinajstić information content (AvgIpc) is 2.64. The van der Waals surface area contributed by atoms with Gasteiger partial charge in [-0.2, -0.15) is 0 Å². The van der Waals surface area contributed by atoms with Gasteiger partial charge in [-0.15, -0.1) is 0 Å². The Kier molecular flexibility index (Phi) is 2.46. The van der Waals surface area contributed by atoms with Crippen molar-refractivity contribution in [2.45, 2.75) is 13.3 Å². The number of hydrogen-bond donors (Lipinski definition) is 1. The maximum Gasteiger partial charge on any atom is 0.306 e. The van der Waals surface area contributed by atoms with Crippen LogP contribution in [0.4, 0.5) is 0 Å². The second-order valence-corrected chi connectivity index (χ2v) is 3.74. The Morgan fingerprint density at radius 3 is 3.00 bits per heavy atom. The van der Waals surface area contributed by atoms with Crippen LogP contribution in [0.5, 0.6) is 0 Å². The molecular weight excluding hydrogens is 192 g/mol. The molecule has 15 heavy (non-hydrogen) atoms. The molecule has 1 heterocycles. The summed E-state index contributed by atoms with van der Waals surface area (Å²) >= 11 is 0. The molecule has 0 spiro atoms. The third-order valence-corrected chi connectivity index (χ3v) is 2.48. The van der Waals surface area contributed by atoms with E-state index in [1.54, 1.807) is 13.2 Å². The molecule has 0 bridgehead atoms. The molecule has 0 aliphatic rings. The van der Waals surface area contributed by atoms with Gasteiger partial charge in [-0.05, 0) is 30.2 Å². The molecule has 1 unspecified atom stereocenters. The maximum atomic E-state index is 10.7. The van der Waals surface area contributed by atoms with Gasteiger partial charge in [0.05, 0.1) is 12.2 Å². The first-order valence-electron chi connectivity index (χ1n) is 4.86. The lowest BCUT2D eigenvalue weighted by atomic mass is 10.0. The minimum Gasteiger partial charge on any atom is -0.481 e. The summed E-state index contributed by atoms with van der Waals surface area (Å²) in [4.78, 5) is 10.7. The van der Waals surface area contributed by atoms with Crippen molar-refractivity contribution in [3.05, 3.63) is 36.1 Å². The summed E-state index contributed by atoms with van der Waals surface area (Å²) in [6.45, 7) is 1.71. The van der Waals surface area contributed by atoms with Crippen LogP contribution >= 0.6 is 0 Å². The van der Waals surface area contributed by atoms with Crippen molar-refractivity contribution >= 4 is 16.9 Å². The second kappa shape index (κ2) is 3.77. The van der Waals surface area contributed by atoms with E-state index in [4.69, 9.17) is 9.52 Å². The predicted molar refractivity (Wildman–Crippen MR) is 56.7 cm³/mol. The Bertz CT molecular complexity index is 484. The van der Waals surface area contributed by atoms with Gasteiger partial charge in [0.25, 0.3) is 0 Å². The van der Waals surface area contributed by atoms with Crippen molar-refractivity contribution in [2.24, 2.45) is 5.92 Å². The number of carboxylic acids is 1. The fraction of sp³-hybridized carbons (Fsp3) is 0.250. The lowest BCUT2D eigenvalue weighted by Gasteiger charge is -2.05. The van der Waals surface area contributed by atoms with E-state index >= 15 is 0 Å². The van der Waals surface area contributed by atoms with Gasteiger partial charge < -0.3 is 9.52 Å². The average molecular weight is 204 g/mol. The minimum atomic E-state index is -0.762. The molecule has 2 rings (SSSR count). The summed E-state index contributed by atoms with van der Waals surface area (Å²) in [5.74, 6) is -1.11. The number of benzene rings is 1. The molecule has 78 valence electrons. The van der Waals surface area contributed by atoms with E-state index in [9.17, 15) is 4.79 Å². The Balaban J connectivity index is 2.24. The highest BCUT2D eigenvalue weighted by molar-refractivity contribution is 5.78. The van der Waals surface area contributed by atoms with Crippen molar-refractivity contribution in [3.63, 3.8) is 0 Å². The highest BCUT2D eigenvalue weighted by Crippen LogP contribution is 2.18. The maximum absolute atomic E-state index is 10.7. The predicted octanol–water partition coefficient (Wildman–Crippen LogP) is 2.70.